The highest BCUT2D eigenvalue weighted by molar-refractivity contribution is 7.78. The Morgan fingerprint density at radius 2 is 1.91 bits per heavy atom. The Morgan fingerprint density at radius 3 is 2.52 bits per heavy atom. The third kappa shape index (κ3) is 4.67. The van der Waals surface area contributed by atoms with E-state index in [4.69, 9.17) is 27.4 Å². The second kappa shape index (κ2) is 7.77. The highest BCUT2D eigenvalue weighted by atomic mass is 35.5. The van der Waals surface area contributed by atoms with Gasteiger partial charge >= 0.3 is 11.3 Å². The molecule has 2 aromatic rings. The van der Waals surface area contributed by atoms with Crippen molar-refractivity contribution in [2.75, 3.05) is 7.05 Å². The SMILES string of the molecule is Cc1ccc(OS(=O)N(C)N=C(Cl)c2c(F)cccc2Cl)cc1. The van der Waals surface area contributed by atoms with Gasteiger partial charge in [-0.05, 0) is 31.2 Å². The molecule has 23 heavy (non-hydrogen) atoms. The van der Waals surface area contributed by atoms with Gasteiger partial charge in [0.2, 0.25) is 0 Å². The van der Waals surface area contributed by atoms with E-state index in [9.17, 15) is 8.60 Å². The van der Waals surface area contributed by atoms with Crippen LogP contribution in [0.1, 0.15) is 11.1 Å². The van der Waals surface area contributed by atoms with E-state index in [1.54, 1.807) is 12.1 Å². The molecule has 0 aliphatic rings. The van der Waals surface area contributed by atoms with E-state index >= 15 is 0 Å². The van der Waals surface area contributed by atoms with Gasteiger partial charge in [0.15, 0.2) is 5.17 Å². The molecule has 0 N–H and O–H groups in total. The third-order valence-electron chi connectivity index (χ3n) is 2.80. The van der Waals surface area contributed by atoms with Crippen molar-refractivity contribution in [1.29, 1.82) is 0 Å². The smallest absolute Gasteiger partial charge is 0.334 e. The van der Waals surface area contributed by atoms with Crippen LogP contribution in [0.25, 0.3) is 0 Å². The summed E-state index contributed by atoms with van der Waals surface area (Å²) in [5.41, 5.74) is 0.988. The van der Waals surface area contributed by atoms with E-state index in [2.05, 4.69) is 5.10 Å². The van der Waals surface area contributed by atoms with Gasteiger partial charge in [0.25, 0.3) is 0 Å². The number of aryl methyl sites for hydroxylation is 1. The molecule has 0 aliphatic heterocycles. The topological polar surface area (TPSA) is 41.9 Å². The van der Waals surface area contributed by atoms with Crippen molar-refractivity contribution in [2.45, 2.75) is 6.92 Å². The summed E-state index contributed by atoms with van der Waals surface area (Å²) in [6.07, 6.45) is 0. The summed E-state index contributed by atoms with van der Waals surface area (Å²) < 4.78 is 32.0. The Labute approximate surface area is 146 Å². The lowest BCUT2D eigenvalue weighted by molar-refractivity contribution is 0.468. The fourth-order valence-corrected chi connectivity index (χ4v) is 2.82. The second-order valence-electron chi connectivity index (χ2n) is 4.57. The summed E-state index contributed by atoms with van der Waals surface area (Å²) >= 11 is 9.94. The minimum Gasteiger partial charge on any atom is -0.384 e. The number of benzene rings is 2. The average Bonchev–Trinajstić information content (AvgIpc) is 2.49. The van der Waals surface area contributed by atoms with E-state index in [1.165, 1.54) is 25.2 Å². The van der Waals surface area contributed by atoms with Crippen LogP contribution < -0.4 is 4.18 Å². The van der Waals surface area contributed by atoms with Gasteiger partial charge in [-0.1, -0.05) is 47.0 Å². The minimum absolute atomic E-state index is 0.0602. The number of rotatable bonds is 5. The van der Waals surface area contributed by atoms with Gasteiger partial charge in [0.05, 0.1) is 10.6 Å². The van der Waals surface area contributed by atoms with E-state index in [1.807, 2.05) is 19.1 Å². The predicted molar refractivity (Wildman–Crippen MR) is 91.5 cm³/mol. The van der Waals surface area contributed by atoms with Crippen molar-refractivity contribution in [3.63, 3.8) is 0 Å². The molecule has 0 saturated heterocycles. The maximum absolute atomic E-state index is 13.8. The molecule has 0 bridgehead atoms. The van der Waals surface area contributed by atoms with Crippen molar-refractivity contribution in [1.82, 2.24) is 4.41 Å². The highest BCUT2D eigenvalue weighted by Gasteiger charge is 2.15. The zero-order valence-corrected chi connectivity index (χ0v) is 14.6. The van der Waals surface area contributed by atoms with Crippen molar-refractivity contribution in [3.8, 4) is 5.75 Å². The van der Waals surface area contributed by atoms with Gasteiger partial charge in [-0.25, -0.2) is 4.39 Å². The number of nitrogens with zero attached hydrogens (tertiary/aromatic N) is 2. The molecule has 0 amide bonds. The first-order chi connectivity index (χ1) is 10.9. The Morgan fingerprint density at radius 1 is 1.26 bits per heavy atom. The zero-order valence-electron chi connectivity index (χ0n) is 12.3. The minimum atomic E-state index is -1.93. The number of hydrogen-bond acceptors (Lipinski definition) is 3. The fraction of sp³-hybridized carbons (Fsp3) is 0.133. The first-order valence-corrected chi connectivity index (χ1v) is 8.26. The maximum atomic E-state index is 13.8. The fourth-order valence-electron chi connectivity index (χ4n) is 1.63. The molecule has 0 radical (unpaired) electrons. The van der Waals surface area contributed by atoms with Crippen LogP contribution in [0.5, 0.6) is 5.75 Å². The number of hydrazone groups is 1. The van der Waals surface area contributed by atoms with Crippen molar-refractivity contribution in [3.05, 3.63) is 64.4 Å². The maximum Gasteiger partial charge on any atom is 0.334 e. The number of halogens is 3. The Hall–Kier alpha value is -1.63. The normalized spacial score (nSPS) is 12.8. The van der Waals surface area contributed by atoms with Gasteiger partial charge in [-0.2, -0.15) is 8.62 Å². The van der Waals surface area contributed by atoms with Gasteiger partial charge in [0.1, 0.15) is 11.6 Å². The van der Waals surface area contributed by atoms with Crippen LogP contribution in [0, 0.1) is 12.7 Å². The van der Waals surface area contributed by atoms with Gasteiger partial charge in [-0.3, -0.25) is 0 Å². The average molecular weight is 375 g/mol. The second-order valence-corrected chi connectivity index (χ2v) is 6.46. The van der Waals surface area contributed by atoms with Crippen molar-refractivity contribution in [2.24, 2.45) is 5.10 Å². The van der Waals surface area contributed by atoms with E-state index in [0.29, 0.717) is 5.75 Å². The molecule has 0 saturated carbocycles. The highest BCUT2D eigenvalue weighted by Crippen LogP contribution is 2.22. The molecule has 0 spiro atoms. The van der Waals surface area contributed by atoms with Crippen LogP contribution in [0.3, 0.4) is 0 Å². The first-order valence-electron chi connectivity index (χ1n) is 6.47. The summed E-state index contributed by atoms with van der Waals surface area (Å²) in [4.78, 5) is 0. The predicted octanol–water partition coefficient (Wildman–Crippen LogP) is 4.28. The van der Waals surface area contributed by atoms with Gasteiger partial charge < -0.3 is 4.18 Å². The molecule has 1 atom stereocenters. The van der Waals surface area contributed by atoms with Crippen LogP contribution in [0.4, 0.5) is 4.39 Å². The van der Waals surface area contributed by atoms with Gasteiger partial charge in [0, 0.05) is 7.05 Å². The van der Waals surface area contributed by atoms with Crippen LogP contribution in [-0.4, -0.2) is 20.8 Å². The first kappa shape index (κ1) is 17.7. The lowest BCUT2D eigenvalue weighted by atomic mass is 10.2. The molecule has 122 valence electrons. The molecule has 2 aromatic carbocycles. The van der Waals surface area contributed by atoms with Crippen LogP contribution in [0.2, 0.25) is 5.02 Å². The van der Waals surface area contributed by atoms with Crippen molar-refractivity contribution < 1.29 is 12.8 Å². The summed E-state index contributed by atoms with van der Waals surface area (Å²) in [6, 6.07) is 11.1. The van der Waals surface area contributed by atoms with Crippen LogP contribution in [-0.2, 0) is 11.3 Å². The van der Waals surface area contributed by atoms with E-state index < -0.39 is 17.1 Å². The summed E-state index contributed by atoms with van der Waals surface area (Å²) in [5.74, 6) is -0.207. The Bertz CT molecular complexity index is 733. The zero-order chi connectivity index (χ0) is 17.0. The molecule has 0 aliphatic carbocycles. The molecule has 8 heteroatoms. The molecule has 2 rings (SSSR count). The van der Waals surface area contributed by atoms with Crippen LogP contribution in [0.15, 0.2) is 47.6 Å². The number of hydrogen-bond donors (Lipinski definition) is 0. The molecular formula is C15H13Cl2FN2O2S. The molecule has 0 fully saturated rings. The molecular weight excluding hydrogens is 362 g/mol. The summed E-state index contributed by atoms with van der Waals surface area (Å²) in [7, 11) is 1.39. The lowest BCUT2D eigenvalue weighted by Gasteiger charge is -2.13. The molecule has 4 nitrogen and oxygen atoms in total. The standard InChI is InChI=1S/C15H13Cl2FN2O2S/c1-10-6-8-11(9-7-10)22-23(21)20(2)19-15(17)14-12(16)4-3-5-13(14)18/h3-9H,1-2H3. The third-order valence-corrected chi connectivity index (χ3v) is 4.23. The summed E-state index contributed by atoms with van der Waals surface area (Å²) in [5, 5.41) is 3.73. The Kier molecular flexibility index (Phi) is 5.98. The monoisotopic (exact) mass is 374 g/mol. The Balaban J connectivity index is 2.14. The van der Waals surface area contributed by atoms with Gasteiger partial charge in [-0.15, -0.1) is 5.10 Å². The molecule has 1 unspecified atom stereocenters. The quantitative estimate of drug-likeness (QED) is 0.578. The lowest BCUT2D eigenvalue weighted by Crippen LogP contribution is -2.21. The van der Waals surface area contributed by atoms with Crippen LogP contribution >= 0.6 is 23.2 Å². The van der Waals surface area contributed by atoms with E-state index in [-0.39, 0.29) is 15.8 Å². The largest absolute Gasteiger partial charge is 0.384 e. The van der Waals surface area contributed by atoms with E-state index in [0.717, 1.165) is 9.98 Å². The molecule has 0 heterocycles. The van der Waals surface area contributed by atoms with Crippen molar-refractivity contribution >= 4 is 39.6 Å². The summed E-state index contributed by atoms with van der Waals surface area (Å²) in [6.45, 7) is 1.93. The molecule has 0 aromatic heterocycles.